The summed E-state index contributed by atoms with van der Waals surface area (Å²) in [5.74, 6) is 0. The van der Waals surface area contributed by atoms with Crippen LogP contribution < -0.4 is 5.73 Å². The van der Waals surface area contributed by atoms with Gasteiger partial charge in [-0.2, -0.15) is 0 Å². The van der Waals surface area contributed by atoms with E-state index < -0.39 is 30.6 Å². The zero-order valence-corrected chi connectivity index (χ0v) is 6.92. The highest BCUT2D eigenvalue weighted by atomic mass is 16.6. The lowest BCUT2D eigenvalue weighted by Gasteiger charge is -2.38. The van der Waals surface area contributed by atoms with Crippen LogP contribution in [0.1, 0.15) is 13.3 Å². The van der Waals surface area contributed by atoms with Gasteiger partial charge in [-0.3, -0.25) is 0 Å². The molecule has 1 aliphatic rings. The van der Waals surface area contributed by atoms with Crippen LogP contribution in [-0.2, 0) is 4.74 Å². The average molecular weight is 177 g/mol. The molecular weight excluding hydrogens is 162 g/mol. The van der Waals surface area contributed by atoms with Crippen molar-refractivity contribution in [1.82, 2.24) is 0 Å². The standard InChI is InChI=1S/C7H15NO4/c1-2-3-5(9)6(10)4(8)7(11)12-3/h3-7,9-11H,2,8H2,1H3/t3-,4+,5-,6+,7-/m0/s1. The number of ether oxygens (including phenoxy) is 1. The van der Waals surface area contributed by atoms with Crippen molar-refractivity contribution in [3.05, 3.63) is 0 Å². The van der Waals surface area contributed by atoms with Gasteiger partial charge in [0.1, 0.15) is 12.2 Å². The zero-order valence-electron chi connectivity index (χ0n) is 6.92. The number of hydrogen-bond donors (Lipinski definition) is 4. The molecule has 0 aliphatic carbocycles. The van der Waals surface area contributed by atoms with Crippen molar-refractivity contribution in [3.8, 4) is 0 Å². The van der Waals surface area contributed by atoms with Gasteiger partial charge in [-0.05, 0) is 6.42 Å². The van der Waals surface area contributed by atoms with E-state index in [0.717, 1.165) is 0 Å². The highest BCUT2D eigenvalue weighted by Gasteiger charge is 2.40. The van der Waals surface area contributed by atoms with Crippen LogP contribution in [0.3, 0.4) is 0 Å². The molecule has 5 nitrogen and oxygen atoms in total. The van der Waals surface area contributed by atoms with E-state index in [1.54, 1.807) is 6.92 Å². The third-order valence-electron chi connectivity index (χ3n) is 2.17. The van der Waals surface area contributed by atoms with Crippen molar-refractivity contribution >= 4 is 0 Å². The summed E-state index contributed by atoms with van der Waals surface area (Å²) in [6, 6.07) is -0.928. The highest BCUT2D eigenvalue weighted by Crippen LogP contribution is 2.20. The van der Waals surface area contributed by atoms with Crippen LogP contribution in [0.2, 0.25) is 0 Å². The topological polar surface area (TPSA) is 95.9 Å². The number of hydrogen-bond acceptors (Lipinski definition) is 5. The molecule has 0 aromatic heterocycles. The molecular formula is C7H15NO4. The fourth-order valence-electron chi connectivity index (χ4n) is 1.30. The predicted octanol–water partition coefficient (Wildman–Crippen LogP) is -1.84. The lowest BCUT2D eigenvalue weighted by atomic mass is 9.96. The number of aliphatic hydroxyl groups is 3. The van der Waals surface area contributed by atoms with Crippen molar-refractivity contribution in [2.45, 2.75) is 44.0 Å². The highest BCUT2D eigenvalue weighted by molar-refractivity contribution is 4.90. The minimum Gasteiger partial charge on any atom is -0.388 e. The first-order valence-corrected chi connectivity index (χ1v) is 4.03. The Kier molecular flexibility index (Phi) is 3.03. The maximum Gasteiger partial charge on any atom is 0.172 e. The van der Waals surface area contributed by atoms with Gasteiger partial charge in [0, 0.05) is 0 Å². The minimum absolute atomic E-state index is 0.530. The van der Waals surface area contributed by atoms with Gasteiger partial charge in [0.2, 0.25) is 0 Å². The van der Waals surface area contributed by atoms with Crippen molar-refractivity contribution in [3.63, 3.8) is 0 Å². The van der Waals surface area contributed by atoms with Crippen molar-refractivity contribution in [2.24, 2.45) is 5.73 Å². The zero-order chi connectivity index (χ0) is 9.30. The molecule has 1 heterocycles. The second kappa shape index (κ2) is 3.68. The minimum atomic E-state index is -1.19. The van der Waals surface area contributed by atoms with Gasteiger partial charge in [0.15, 0.2) is 6.29 Å². The number of nitrogens with two attached hydrogens (primary N) is 1. The Labute approximate surface area is 70.8 Å². The Morgan fingerprint density at radius 1 is 1.25 bits per heavy atom. The van der Waals surface area contributed by atoms with Crippen LogP contribution in [0.4, 0.5) is 0 Å². The molecule has 0 bridgehead atoms. The molecule has 0 aromatic carbocycles. The summed E-state index contributed by atoms with van der Waals surface area (Å²) in [6.45, 7) is 1.80. The lowest BCUT2D eigenvalue weighted by Crippen LogP contribution is -2.60. The lowest BCUT2D eigenvalue weighted by molar-refractivity contribution is -0.242. The molecule has 0 saturated carbocycles. The first-order valence-electron chi connectivity index (χ1n) is 4.03. The summed E-state index contributed by atoms with van der Waals surface area (Å²) in [5, 5.41) is 27.8. The van der Waals surface area contributed by atoms with E-state index in [1.807, 2.05) is 0 Å². The molecule has 0 aromatic rings. The fraction of sp³-hybridized carbons (Fsp3) is 1.00. The first kappa shape index (κ1) is 9.88. The summed E-state index contributed by atoms with van der Waals surface area (Å²) in [4.78, 5) is 0. The molecule has 1 saturated heterocycles. The normalized spacial score (nSPS) is 49.2. The van der Waals surface area contributed by atoms with E-state index in [1.165, 1.54) is 0 Å². The van der Waals surface area contributed by atoms with Crippen molar-refractivity contribution < 1.29 is 20.1 Å². The number of aliphatic hydroxyl groups excluding tert-OH is 3. The SMILES string of the molecule is CC[C@@H]1O[C@H](O)[C@H](N)[C@@H](O)[C@H]1O. The maximum absolute atomic E-state index is 9.36. The number of rotatable bonds is 1. The average Bonchev–Trinajstić information content (AvgIpc) is 2.08. The third kappa shape index (κ3) is 1.60. The van der Waals surface area contributed by atoms with Gasteiger partial charge in [-0.1, -0.05) is 6.92 Å². The molecule has 0 radical (unpaired) electrons. The van der Waals surface area contributed by atoms with Crippen molar-refractivity contribution in [2.75, 3.05) is 0 Å². The first-order chi connectivity index (χ1) is 5.57. The van der Waals surface area contributed by atoms with Gasteiger partial charge >= 0.3 is 0 Å². The van der Waals surface area contributed by atoms with Crippen LogP contribution in [-0.4, -0.2) is 46.0 Å². The van der Waals surface area contributed by atoms with Crippen LogP contribution >= 0.6 is 0 Å². The van der Waals surface area contributed by atoms with Gasteiger partial charge in [0.25, 0.3) is 0 Å². The molecule has 1 aliphatic heterocycles. The summed E-state index contributed by atoms with van der Waals surface area (Å²) in [7, 11) is 0. The molecule has 1 rings (SSSR count). The second-order valence-corrected chi connectivity index (χ2v) is 3.03. The Hall–Kier alpha value is -0.200. The molecule has 0 amide bonds. The molecule has 12 heavy (non-hydrogen) atoms. The molecule has 5 atom stereocenters. The van der Waals surface area contributed by atoms with Crippen LogP contribution in [0.5, 0.6) is 0 Å². The van der Waals surface area contributed by atoms with E-state index in [9.17, 15) is 10.2 Å². The smallest absolute Gasteiger partial charge is 0.172 e. The Balaban J connectivity index is 2.63. The largest absolute Gasteiger partial charge is 0.388 e. The van der Waals surface area contributed by atoms with E-state index in [4.69, 9.17) is 15.6 Å². The van der Waals surface area contributed by atoms with Crippen LogP contribution in [0.15, 0.2) is 0 Å². The van der Waals surface area contributed by atoms with Gasteiger partial charge < -0.3 is 25.8 Å². The predicted molar refractivity (Wildman–Crippen MR) is 41.2 cm³/mol. The molecule has 0 unspecified atom stereocenters. The van der Waals surface area contributed by atoms with E-state index in [2.05, 4.69) is 0 Å². The Bertz CT molecular complexity index is 150. The van der Waals surface area contributed by atoms with E-state index >= 15 is 0 Å². The third-order valence-corrected chi connectivity index (χ3v) is 2.17. The molecule has 5 heteroatoms. The molecule has 72 valence electrons. The molecule has 0 spiro atoms. The van der Waals surface area contributed by atoms with Gasteiger partial charge in [-0.15, -0.1) is 0 Å². The summed E-state index contributed by atoms with van der Waals surface area (Å²) >= 11 is 0. The quantitative estimate of drug-likeness (QED) is 0.377. The van der Waals surface area contributed by atoms with E-state index in [-0.39, 0.29) is 0 Å². The summed E-state index contributed by atoms with van der Waals surface area (Å²) in [6.07, 6.45) is -3.31. The maximum atomic E-state index is 9.36. The van der Waals surface area contributed by atoms with Crippen LogP contribution in [0, 0.1) is 0 Å². The van der Waals surface area contributed by atoms with Gasteiger partial charge in [-0.25, -0.2) is 0 Å². The Morgan fingerprint density at radius 2 is 1.83 bits per heavy atom. The second-order valence-electron chi connectivity index (χ2n) is 3.03. The van der Waals surface area contributed by atoms with E-state index in [0.29, 0.717) is 6.42 Å². The monoisotopic (exact) mass is 177 g/mol. The molecule has 5 N–H and O–H groups in total. The summed E-state index contributed by atoms with van der Waals surface area (Å²) in [5.41, 5.74) is 5.34. The van der Waals surface area contributed by atoms with Gasteiger partial charge in [0.05, 0.1) is 12.1 Å². The summed E-state index contributed by atoms with van der Waals surface area (Å²) < 4.78 is 4.95. The van der Waals surface area contributed by atoms with Crippen molar-refractivity contribution in [1.29, 1.82) is 0 Å². The van der Waals surface area contributed by atoms with Crippen LogP contribution in [0.25, 0.3) is 0 Å². The Morgan fingerprint density at radius 3 is 2.33 bits per heavy atom. The molecule has 1 fully saturated rings. The fourth-order valence-corrected chi connectivity index (χ4v) is 1.30.